The van der Waals surface area contributed by atoms with Crippen molar-refractivity contribution >= 4 is 11.6 Å². The maximum atomic E-state index is 10.1. The molecule has 2 N–H and O–H groups in total. The standard InChI is InChI=1S/C24H29ClO4.C2H6/c25-23-10-7-17(24-14-19(27)13-22(15-26)29-24)12-18(23)11-16-5-8-21(9-6-16)28-20-3-1-2-4-20;1-2/h5-10,12,19-20,22,24,26-27H,1-4,11,13-15H2;1-2H3/t19-,22-,24+;/m0./s1. The van der Waals surface area contributed by atoms with Gasteiger partial charge in [-0.05, 0) is 67.0 Å². The first-order valence-electron chi connectivity index (χ1n) is 11.6. The molecule has 2 fully saturated rings. The highest BCUT2D eigenvalue weighted by atomic mass is 35.5. The van der Waals surface area contributed by atoms with Crippen LogP contribution >= 0.6 is 11.6 Å². The Balaban J connectivity index is 0.00000132. The monoisotopic (exact) mass is 446 g/mol. The lowest BCUT2D eigenvalue weighted by Gasteiger charge is -2.32. The highest BCUT2D eigenvalue weighted by Gasteiger charge is 2.29. The molecule has 0 unspecified atom stereocenters. The fraction of sp³-hybridized carbons (Fsp3) is 0.538. The minimum Gasteiger partial charge on any atom is -0.490 e. The zero-order valence-corrected chi connectivity index (χ0v) is 19.4. The van der Waals surface area contributed by atoms with Gasteiger partial charge >= 0.3 is 0 Å². The topological polar surface area (TPSA) is 58.9 Å². The van der Waals surface area contributed by atoms with E-state index < -0.39 is 6.10 Å². The first-order chi connectivity index (χ1) is 15.1. The molecule has 2 aromatic rings. The van der Waals surface area contributed by atoms with Crippen molar-refractivity contribution in [2.75, 3.05) is 6.61 Å². The van der Waals surface area contributed by atoms with Crippen LogP contribution in [0.3, 0.4) is 0 Å². The number of hydrogen-bond acceptors (Lipinski definition) is 4. The molecule has 1 aliphatic carbocycles. The van der Waals surface area contributed by atoms with Crippen LogP contribution in [0.5, 0.6) is 5.75 Å². The highest BCUT2D eigenvalue weighted by molar-refractivity contribution is 6.31. The van der Waals surface area contributed by atoms with Gasteiger partial charge in [0.1, 0.15) is 5.75 Å². The molecule has 4 rings (SSSR count). The van der Waals surface area contributed by atoms with E-state index in [-0.39, 0.29) is 18.8 Å². The van der Waals surface area contributed by atoms with Crippen molar-refractivity contribution in [3.8, 4) is 5.75 Å². The summed E-state index contributed by atoms with van der Waals surface area (Å²) in [5.74, 6) is 0.931. The van der Waals surface area contributed by atoms with Gasteiger partial charge in [0, 0.05) is 17.9 Å². The van der Waals surface area contributed by atoms with E-state index in [9.17, 15) is 10.2 Å². The normalized spacial score (nSPS) is 23.8. The molecular weight excluding hydrogens is 412 g/mol. The minimum absolute atomic E-state index is 0.0801. The van der Waals surface area contributed by atoms with E-state index in [1.54, 1.807) is 0 Å². The van der Waals surface area contributed by atoms with Crippen molar-refractivity contribution in [2.24, 2.45) is 0 Å². The molecule has 3 atom stereocenters. The van der Waals surface area contributed by atoms with Crippen molar-refractivity contribution in [2.45, 2.75) is 83.2 Å². The van der Waals surface area contributed by atoms with Gasteiger partial charge in [0.05, 0.1) is 31.0 Å². The predicted molar refractivity (Wildman–Crippen MR) is 125 cm³/mol. The maximum absolute atomic E-state index is 10.1. The molecule has 170 valence electrons. The van der Waals surface area contributed by atoms with Crippen LogP contribution < -0.4 is 4.74 Å². The maximum Gasteiger partial charge on any atom is 0.119 e. The van der Waals surface area contributed by atoms with E-state index in [0.29, 0.717) is 18.9 Å². The summed E-state index contributed by atoms with van der Waals surface area (Å²) < 4.78 is 12.0. The number of benzene rings is 2. The van der Waals surface area contributed by atoms with Gasteiger partial charge in [0.15, 0.2) is 0 Å². The van der Waals surface area contributed by atoms with E-state index in [1.807, 2.05) is 38.1 Å². The summed E-state index contributed by atoms with van der Waals surface area (Å²) in [6.07, 6.45) is 5.90. The molecule has 0 amide bonds. The lowest BCUT2D eigenvalue weighted by atomic mass is 9.94. The number of rotatable bonds is 6. The van der Waals surface area contributed by atoms with Crippen LogP contribution in [0, 0.1) is 0 Å². The Labute approximate surface area is 191 Å². The molecule has 1 aliphatic heterocycles. The van der Waals surface area contributed by atoms with Crippen LogP contribution in [0.25, 0.3) is 0 Å². The molecule has 0 spiro atoms. The van der Waals surface area contributed by atoms with Gasteiger partial charge in [-0.1, -0.05) is 49.7 Å². The van der Waals surface area contributed by atoms with Crippen LogP contribution in [0.4, 0.5) is 0 Å². The lowest BCUT2D eigenvalue weighted by molar-refractivity contribution is -0.113. The molecule has 2 aromatic carbocycles. The van der Waals surface area contributed by atoms with Gasteiger partial charge in [-0.25, -0.2) is 0 Å². The Hall–Kier alpha value is -1.59. The van der Waals surface area contributed by atoms with Gasteiger partial charge in [0.25, 0.3) is 0 Å². The van der Waals surface area contributed by atoms with Gasteiger partial charge in [-0.3, -0.25) is 0 Å². The van der Waals surface area contributed by atoms with Gasteiger partial charge in [-0.2, -0.15) is 0 Å². The molecule has 1 saturated heterocycles. The summed E-state index contributed by atoms with van der Waals surface area (Å²) >= 11 is 6.46. The molecule has 2 aliphatic rings. The smallest absolute Gasteiger partial charge is 0.119 e. The van der Waals surface area contributed by atoms with Crippen LogP contribution in [0.15, 0.2) is 42.5 Å². The fourth-order valence-electron chi connectivity index (χ4n) is 4.36. The third kappa shape index (κ3) is 6.69. The Morgan fingerprint density at radius 3 is 2.42 bits per heavy atom. The summed E-state index contributed by atoms with van der Waals surface area (Å²) in [5.41, 5.74) is 3.18. The van der Waals surface area contributed by atoms with Crippen LogP contribution in [-0.2, 0) is 11.2 Å². The molecule has 0 aromatic heterocycles. The van der Waals surface area contributed by atoms with Gasteiger partial charge < -0.3 is 19.7 Å². The molecule has 4 nitrogen and oxygen atoms in total. The molecule has 0 radical (unpaired) electrons. The summed E-state index contributed by atoms with van der Waals surface area (Å²) in [4.78, 5) is 0. The Morgan fingerprint density at radius 2 is 1.74 bits per heavy atom. The average Bonchev–Trinajstić information content (AvgIpc) is 3.30. The summed E-state index contributed by atoms with van der Waals surface area (Å²) in [6, 6.07) is 14.2. The van der Waals surface area contributed by atoms with Crippen LogP contribution in [-0.4, -0.2) is 35.1 Å². The lowest BCUT2D eigenvalue weighted by Crippen LogP contribution is -2.33. The van der Waals surface area contributed by atoms with Crippen molar-refractivity contribution in [3.05, 3.63) is 64.2 Å². The quantitative estimate of drug-likeness (QED) is 0.584. The predicted octanol–water partition coefficient (Wildman–Crippen LogP) is 5.85. The molecule has 1 saturated carbocycles. The first kappa shape index (κ1) is 24.1. The second-order valence-corrected chi connectivity index (χ2v) is 8.66. The van der Waals surface area contributed by atoms with Crippen LogP contribution in [0.1, 0.15) is 75.2 Å². The molecule has 0 bridgehead atoms. The largest absolute Gasteiger partial charge is 0.490 e. The number of hydrogen-bond donors (Lipinski definition) is 2. The second-order valence-electron chi connectivity index (χ2n) is 8.25. The zero-order chi connectivity index (χ0) is 22.2. The summed E-state index contributed by atoms with van der Waals surface area (Å²) in [5, 5.41) is 20.2. The van der Waals surface area contributed by atoms with Crippen molar-refractivity contribution in [3.63, 3.8) is 0 Å². The second kappa shape index (κ2) is 11.9. The Morgan fingerprint density at radius 1 is 1.03 bits per heavy atom. The minimum atomic E-state index is -0.461. The van der Waals surface area contributed by atoms with E-state index in [2.05, 4.69) is 18.2 Å². The van der Waals surface area contributed by atoms with Gasteiger partial charge in [-0.15, -0.1) is 0 Å². The van der Waals surface area contributed by atoms with E-state index in [4.69, 9.17) is 21.1 Å². The number of halogens is 1. The zero-order valence-electron chi connectivity index (χ0n) is 18.6. The summed E-state index contributed by atoms with van der Waals surface area (Å²) in [6.45, 7) is 3.92. The molecule has 1 heterocycles. The Kier molecular flexibility index (Phi) is 9.21. The van der Waals surface area contributed by atoms with E-state index in [1.165, 1.54) is 18.4 Å². The van der Waals surface area contributed by atoms with E-state index in [0.717, 1.165) is 41.2 Å². The number of aliphatic hydroxyl groups is 2. The number of ether oxygens (including phenoxy) is 2. The van der Waals surface area contributed by atoms with Gasteiger partial charge in [0.2, 0.25) is 0 Å². The van der Waals surface area contributed by atoms with Crippen molar-refractivity contribution in [1.29, 1.82) is 0 Å². The molecule has 5 heteroatoms. The van der Waals surface area contributed by atoms with Crippen LogP contribution in [0.2, 0.25) is 5.02 Å². The Bertz CT molecular complexity index is 802. The SMILES string of the molecule is CC.OC[C@@H]1C[C@H](O)C[C@H](c2ccc(Cl)c(Cc3ccc(OC4CCCC4)cc3)c2)O1. The van der Waals surface area contributed by atoms with E-state index >= 15 is 0 Å². The molecule has 31 heavy (non-hydrogen) atoms. The fourth-order valence-corrected chi connectivity index (χ4v) is 4.54. The van der Waals surface area contributed by atoms with Crippen molar-refractivity contribution < 1.29 is 19.7 Å². The number of aliphatic hydroxyl groups excluding tert-OH is 2. The van der Waals surface area contributed by atoms with Crippen molar-refractivity contribution in [1.82, 2.24) is 0 Å². The first-order valence-corrected chi connectivity index (χ1v) is 12.0. The third-order valence-electron chi connectivity index (χ3n) is 5.95. The molecular formula is C26H35ClO4. The highest BCUT2D eigenvalue weighted by Crippen LogP contribution is 2.34. The summed E-state index contributed by atoms with van der Waals surface area (Å²) in [7, 11) is 0. The average molecular weight is 447 g/mol. The third-order valence-corrected chi connectivity index (χ3v) is 6.31.